The van der Waals surface area contributed by atoms with Gasteiger partial charge in [0.2, 0.25) is 0 Å². The molecule has 0 bridgehead atoms. The number of hydrogen-bond donors (Lipinski definition) is 0. The van der Waals surface area contributed by atoms with Crippen LogP contribution in [-0.4, -0.2) is 22.4 Å². The van der Waals surface area contributed by atoms with Crippen molar-refractivity contribution in [3.63, 3.8) is 0 Å². The highest BCUT2D eigenvalue weighted by molar-refractivity contribution is 5.87. The Morgan fingerprint density at radius 1 is 1.64 bits per heavy atom. The molecule has 0 radical (unpaired) electrons. The van der Waals surface area contributed by atoms with Gasteiger partial charge in [-0.1, -0.05) is 13.3 Å². The topological polar surface area (TPSA) is 44.1 Å². The number of esters is 1. The molecule has 0 saturated carbocycles. The Kier molecular flexibility index (Phi) is 3.68. The van der Waals surface area contributed by atoms with E-state index in [1.165, 1.54) is 0 Å². The van der Waals surface area contributed by atoms with Crippen LogP contribution in [0.1, 0.15) is 35.9 Å². The summed E-state index contributed by atoms with van der Waals surface area (Å²) in [5.41, 5.74) is 1.34. The van der Waals surface area contributed by atoms with Gasteiger partial charge in [0.1, 0.15) is 5.69 Å². The smallest absolute Gasteiger partial charge is 0.356 e. The van der Waals surface area contributed by atoms with Gasteiger partial charge in [-0.25, -0.2) is 4.79 Å². The van der Waals surface area contributed by atoms with Crippen LogP contribution in [0.2, 0.25) is 0 Å². The zero-order valence-corrected chi connectivity index (χ0v) is 8.91. The molecule has 0 aliphatic carbocycles. The van der Waals surface area contributed by atoms with Gasteiger partial charge in [-0.15, -0.1) is 0 Å². The summed E-state index contributed by atoms with van der Waals surface area (Å²) < 4.78 is 6.61. The van der Waals surface area contributed by atoms with Crippen molar-refractivity contribution in [2.24, 2.45) is 7.05 Å². The fourth-order valence-corrected chi connectivity index (χ4v) is 1.18. The summed E-state index contributed by atoms with van der Waals surface area (Å²) >= 11 is 0. The predicted octanol–water partition coefficient (Wildman–Crippen LogP) is 1.69. The first-order valence-corrected chi connectivity index (χ1v) is 4.83. The van der Waals surface area contributed by atoms with Crippen molar-refractivity contribution in [3.05, 3.63) is 17.5 Å². The van der Waals surface area contributed by atoms with E-state index in [0.29, 0.717) is 12.3 Å². The van der Waals surface area contributed by atoms with E-state index in [4.69, 9.17) is 4.74 Å². The maximum Gasteiger partial charge on any atom is 0.356 e. The first kappa shape index (κ1) is 10.8. The molecule has 0 aliphatic heterocycles. The molecule has 1 rings (SSSR count). The van der Waals surface area contributed by atoms with Crippen LogP contribution in [0, 0.1) is 6.92 Å². The van der Waals surface area contributed by atoms with Crippen LogP contribution in [-0.2, 0) is 11.8 Å². The lowest BCUT2D eigenvalue weighted by Gasteiger charge is -2.02. The quantitative estimate of drug-likeness (QED) is 0.543. The standard InChI is InChI=1S/C10H16N2O2/c1-4-5-6-14-10(13)9-7-8(2)11-12(9)3/h7H,4-6H2,1-3H3. The first-order valence-electron chi connectivity index (χ1n) is 4.83. The molecule has 0 atom stereocenters. The number of carbonyl (C=O) groups excluding carboxylic acids is 1. The van der Waals surface area contributed by atoms with Crippen LogP contribution in [0.25, 0.3) is 0 Å². The van der Waals surface area contributed by atoms with Gasteiger partial charge in [-0.3, -0.25) is 4.68 Å². The number of carbonyl (C=O) groups is 1. The number of unbranched alkanes of at least 4 members (excludes halogenated alkanes) is 1. The van der Waals surface area contributed by atoms with E-state index < -0.39 is 0 Å². The predicted molar refractivity (Wildman–Crippen MR) is 53.1 cm³/mol. The van der Waals surface area contributed by atoms with Crippen LogP contribution < -0.4 is 0 Å². The van der Waals surface area contributed by atoms with E-state index >= 15 is 0 Å². The second-order valence-corrected chi connectivity index (χ2v) is 3.28. The van der Waals surface area contributed by atoms with Crippen molar-refractivity contribution >= 4 is 5.97 Å². The van der Waals surface area contributed by atoms with Crippen LogP contribution >= 0.6 is 0 Å². The normalized spacial score (nSPS) is 10.2. The summed E-state index contributed by atoms with van der Waals surface area (Å²) in [4.78, 5) is 11.5. The maximum atomic E-state index is 11.5. The number of ether oxygens (including phenoxy) is 1. The number of aryl methyl sites for hydroxylation is 2. The van der Waals surface area contributed by atoms with Crippen LogP contribution in [0.5, 0.6) is 0 Å². The van der Waals surface area contributed by atoms with E-state index in [-0.39, 0.29) is 5.97 Å². The zero-order chi connectivity index (χ0) is 10.6. The Labute approximate surface area is 83.9 Å². The SMILES string of the molecule is CCCCOC(=O)c1cc(C)nn1C. The summed E-state index contributed by atoms with van der Waals surface area (Å²) in [5, 5.41) is 4.08. The summed E-state index contributed by atoms with van der Waals surface area (Å²) in [6.07, 6.45) is 1.93. The van der Waals surface area contributed by atoms with Gasteiger partial charge in [0, 0.05) is 7.05 Å². The lowest BCUT2D eigenvalue weighted by atomic mass is 10.3. The average molecular weight is 196 g/mol. The molecule has 14 heavy (non-hydrogen) atoms. The molecule has 1 aromatic heterocycles. The van der Waals surface area contributed by atoms with E-state index in [1.54, 1.807) is 17.8 Å². The number of rotatable bonds is 4. The molecular weight excluding hydrogens is 180 g/mol. The lowest BCUT2D eigenvalue weighted by molar-refractivity contribution is 0.0487. The Balaban J connectivity index is 2.56. The molecule has 0 saturated heterocycles. The molecule has 4 heteroatoms. The largest absolute Gasteiger partial charge is 0.461 e. The Hall–Kier alpha value is -1.32. The van der Waals surface area contributed by atoms with Crippen molar-refractivity contribution in [2.45, 2.75) is 26.7 Å². The van der Waals surface area contributed by atoms with E-state index in [1.807, 2.05) is 6.92 Å². The summed E-state index contributed by atoms with van der Waals surface area (Å²) in [5.74, 6) is -0.290. The second kappa shape index (κ2) is 4.79. The zero-order valence-electron chi connectivity index (χ0n) is 8.91. The van der Waals surface area contributed by atoms with Gasteiger partial charge >= 0.3 is 5.97 Å². The molecule has 0 aromatic carbocycles. The monoisotopic (exact) mass is 196 g/mol. The van der Waals surface area contributed by atoms with Gasteiger partial charge in [0.15, 0.2) is 0 Å². The van der Waals surface area contributed by atoms with Crippen LogP contribution in [0.3, 0.4) is 0 Å². The minimum atomic E-state index is -0.290. The Morgan fingerprint density at radius 2 is 2.36 bits per heavy atom. The second-order valence-electron chi connectivity index (χ2n) is 3.28. The van der Waals surface area contributed by atoms with Gasteiger partial charge in [0.05, 0.1) is 12.3 Å². The third-order valence-electron chi connectivity index (χ3n) is 1.94. The molecule has 0 amide bonds. The minimum Gasteiger partial charge on any atom is -0.461 e. The molecule has 0 aliphatic rings. The van der Waals surface area contributed by atoms with Crippen molar-refractivity contribution in [2.75, 3.05) is 6.61 Å². The van der Waals surface area contributed by atoms with E-state index in [0.717, 1.165) is 18.5 Å². The highest BCUT2D eigenvalue weighted by Crippen LogP contribution is 2.04. The molecule has 1 aromatic rings. The van der Waals surface area contributed by atoms with Crippen molar-refractivity contribution in [3.8, 4) is 0 Å². The Morgan fingerprint density at radius 3 is 2.86 bits per heavy atom. The minimum absolute atomic E-state index is 0.290. The molecule has 78 valence electrons. The first-order chi connectivity index (χ1) is 6.65. The maximum absolute atomic E-state index is 11.5. The van der Waals surface area contributed by atoms with Crippen molar-refractivity contribution in [1.82, 2.24) is 9.78 Å². The van der Waals surface area contributed by atoms with Gasteiger partial charge < -0.3 is 4.74 Å². The van der Waals surface area contributed by atoms with Gasteiger partial charge in [-0.2, -0.15) is 5.10 Å². The molecule has 0 fully saturated rings. The highest BCUT2D eigenvalue weighted by atomic mass is 16.5. The number of aromatic nitrogens is 2. The molecular formula is C10H16N2O2. The molecule has 1 heterocycles. The lowest BCUT2D eigenvalue weighted by Crippen LogP contribution is -2.11. The van der Waals surface area contributed by atoms with Gasteiger partial charge in [0.25, 0.3) is 0 Å². The number of nitrogens with zero attached hydrogens (tertiary/aromatic N) is 2. The van der Waals surface area contributed by atoms with Crippen molar-refractivity contribution in [1.29, 1.82) is 0 Å². The fraction of sp³-hybridized carbons (Fsp3) is 0.600. The number of hydrogen-bond acceptors (Lipinski definition) is 3. The molecule has 0 N–H and O–H groups in total. The molecule has 4 nitrogen and oxygen atoms in total. The van der Waals surface area contributed by atoms with E-state index in [9.17, 15) is 4.79 Å². The summed E-state index contributed by atoms with van der Waals surface area (Å²) in [6.45, 7) is 4.39. The third-order valence-corrected chi connectivity index (χ3v) is 1.94. The van der Waals surface area contributed by atoms with Gasteiger partial charge in [-0.05, 0) is 19.4 Å². The molecule has 0 unspecified atom stereocenters. The van der Waals surface area contributed by atoms with Crippen LogP contribution in [0.15, 0.2) is 6.07 Å². The fourth-order valence-electron chi connectivity index (χ4n) is 1.18. The summed E-state index contributed by atoms with van der Waals surface area (Å²) in [6, 6.07) is 1.73. The summed E-state index contributed by atoms with van der Waals surface area (Å²) in [7, 11) is 1.74. The van der Waals surface area contributed by atoms with E-state index in [2.05, 4.69) is 12.0 Å². The molecule has 0 spiro atoms. The average Bonchev–Trinajstić information content (AvgIpc) is 2.45. The third kappa shape index (κ3) is 2.58. The van der Waals surface area contributed by atoms with Crippen molar-refractivity contribution < 1.29 is 9.53 Å². The highest BCUT2D eigenvalue weighted by Gasteiger charge is 2.12. The van der Waals surface area contributed by atoms with Crippen LogP contribution in [0.4, 0.5) is 0 Å². The Bertz CT molecular complexity index is 318.